The monoisotopic (exact) mass is 208 g/mol. The maximum atomic E-state index is 10.5. The van der Waals surface area contributed by atoms with Crippen molar-refractivity contribution in [2.24, 2.45) is 5.73 Å². The van der Waals surface area contributed by atoms with Crippen LogP contribution in [0.15, 0.2) is 24.3 Å². The molecule has 0 aliphatic rings. The van der Waals surface area contributed by atoms with Gasteiger partial charge < -0.3 is 16.2 Å². The summed E-state index contributed by atoms with van der Waals surface area (Å²) < 4.78 is 0. The van der Waals surface area contributed by atoms with Gasteiger partial charge >= 0.3 is 5.97 Å². The Bertz CT molecular complexity index is 348. The van der Waals surface area contributed by atoms with Crippen molar-refractivity contribution in [3.63, 3.8) is 0 Å². The second-order valence-corrected chi connectivity index (χ2v) is 3.11. The minimum Gasteiger partial charge on any atom is -0.480 e. The summed E-state index contributed by atoms with van der Waals surface area (Å²) in [5.41, 5.74) is 6.86. The number of benzene rings is 1. The van der Waals surface area contributed by atoms with Gasteiger partial charge in [0, 0.05) is 5.69 Å². The zero-order valence-corrected chi connectivity index (χ0v) is 8.01. The summed E-state index contributed by atoms with van der Waals surface area (Å²) in [5, 5.41) is 11.1. The van der Waals surface area contributed by atoms with Crippen molar-refractivity contribution >= 4 is 18.1 Å². The summed E-state index contributed by atoms with van der Waals surface area (Å²) in [6.45, 7) is 0. The Balaban J connectivity index is 2.64. The number of amides is 1. The van der Waals surface area contributed by atoms with Crippen molar-refractivity contribution in [3.05, 3.63) is 29.8 Å². The van der Waals surface area contributed by atoms with Crippen molar-refractivity contribution < 1.29 is 14.7 Å². The first-order valence-corrected chi connectivity index (χ1v) is 4.41. The van der Waals surface area contributed by atoms with Crippen LogP contribution in [0.3, 0.4) is 0 Å². The molecule has 5 nitrogen and oxygen atoms in total. The molecule has 0 saturated heterocycles. The van der Waals surface area contributed by atoms with E-state index in [2.05, 4.69) is 5.32 Å². The third kappa shape index (κ3) is 3.40. The minimum atomic E-state index is -1.02. The first-order valence-electron chi connectivity index (χ1n) is 4.41. The standard InChI is InChI=1S/C10H12N2O3/c11-9(10(14)15)5-7-1-3-8(4-2-7)12-6-13/h1-4,6,9H,5,11H2,(H,12,13)(H,14,15). The molecule has 0 radical (unpaired) electrons. The molecular weight excluding hydrogens is 196 g/mol. The number of carbonyl (C=O) groups excluding carboxylic acids is 1. The van der Waals surface area contributed by atoms with Crippen LogP contribution in [0, 0.1) is 0 Å². The predicted octanol–water partition coefficient (Wildman–Crippen LogP) is 0.209. The zero-order chi connectivity index (χ0) is 11.3. The Morgan fingerprint density at radius 1 is 1.47 bits per heavy atom. The SMILES string of the molecule is NC(Cc1ccc(NC=O)cc1)C(=O)O. The fourth-order valence-corrected chi connectivity index (χ4v) is 1.15. The first kappa shape index (κ1) is 11.2. The van der Waals surface area contributed by atoms with E-state index in [9.17, 15) is 9.59 Å². The Hall–Kier alpha value is -1.88. The van der Waals surface area contributed by atoms with Gasteiger partial charge in [0.25, 0.3) is 0 Å². The topological polar surface area (TPSA) is 92.4 Å². The highest BCUT2D eigenvalue weighted by molar-refractivity contribution is 5.74. The normalized spacial score (nSPS) is 11.8. The van der Waals surface area contributed by atoms with E-state index in [4.69, 9.17) is 10.8 Å². The molecule has 1 aromatic carbocycles. The molecule has 0 saturated carbocycles. The molecule has 0 fully saturated rings. The van der Waals surface area contributed by atoms with Crippen molar-refractivity contribution in [2.45, 2.75) is 12.5 Å². The van der Waals surface area contributed by atoms with Crippen LogP contribution in [-0.2, 0) is 16.0 Å². The third-order valence-electron chi connectivity index (χ3n) is 1.95. The third-order valence-corrected chi connectivity index (χ3v) is 1.95. The van der Waals surface area contributed by atoms with Gasteiger partial charge in [-0.15, -0.1) is 0 Å². The van der Waals surface area contributed by atoms with E-state index in [-0.39, 0.29) is 6.42 Å². The van der Waals surface area contributed by atoms with Gasteiger partial charge in [0.1, 0.15) is 6.04 Å². The molecule has 0 aromatic heterocycles. The van der Waals surface area contributed by atoms with Crippen molar-refractivity contribution in [1.82, 2.24) is 0 Å². The second-order valence-electron chi connectivity index (χ2n) is 3.11. The van der Waals surface area contributed by atoms with Gasteiger partial charge in [0.15, 0.2) is 0 Å². The van der Waals surface area contributed by atoms with E-state index < -0.39 is 12.0 Å². The van der Waals surface area contributed by atoms with Crippen LogP contribution in [0.2, 0.25) is 0 Å². The molecule has 0 heterocycles. The smallest absolute Gasteiger partial charge is 0.320 e. The van der Waals surface area contributed by atoms with Gasteiger partial charge in [-0.1, -0.05) is 12.1 Å². The van der Waals surface area contributed by atoms with E-state index in [0.717, 1.165) is 5.56 Å². The molecule has 15 heavy (non-hydrogen) atoms. The van der Waals surface area contributed by atoms with Gasteiger partial charge in [0.2, 0.25) is 6.41 Å². The fraction of sp³-hybridized carbons (Fsp3) is 0.200. The molecule has 0 bridgehead atoms. The molecule has 4 N–H and O–H groups in total. The predicted molar refractivity (Wildman–Crippen MR) is 55.4 cm³/mol. The number of nitrogens with two attached hydrogens (primary N) is 1. The molecule has 0 spiro atoms. The summed E-state index contributed by atoms with van der Waals surface area (Å²) >= 11 is 0. The average Bonchev–Trinajstić information content (AvgIpc) is 2.21. The second kappa shape index (κ2) is 5.11. The van der Waals surface area contributed by atoms with Crippen LogP contribution in [0.1, 0.15) is 5.56 Å². The molecule has 1 rings (SSSR count). The van der Waals surface area contributed by atoms with Gasteiger partial charge in [-0.05, 0) is 24.1 Å². The number of anilines is 1. The number of hydrogen-bond donors (Lipinski definition) is 3. The van der Waals surface area contributed by atoms with Gasteiger partial charge in [-0.2, -0.15) is 0 Å². The zero-order valence-electron chi connectivity index (χ0n) is 8.01. The maximum Gasteiger partial charge on any atom is 0.320 e. The highest BCUT2D eigenvalue weighted by Gasteiger charge is 2.11. The summed E-state index contributed by atoms with van der Waals surface area (Å²) in [6, 6.07) is 5.95. The fourth-order valence-electron chi connectivity index (χ4n) is 1.15. The van der Waals surface area contributed by atoms with E-state index in [1.54, 1.807) is 24.3 Å². The molecule has 1 aromatic rings. The molecular formula is C10H12N2O3. The van der Waals surface area contributed by atoms with Gasteiger partial charge in [0.05, 0.1) is 0 Å². The van der Waals surface area contributed by atoms with Gasteiger partial charge in [-0.25, -0.2) is 0 Å². The largest absolute Gasteiger partial charge is 0.480 e. The molecule has 0 aliphatic carbocycles. The quantitative estimate of drug-likeness (QED) is 0.603. The Labute approximate surface area is 86.9 Å². The van der Waals surface area contributed by atoms with Crippen LogP contribution in [0.25, 0.3) is 0 Å². The van der Waals surface area contributed by atoms with Crippen LogP contribution < -0.4 is 11.1 Å². The lowest BCUT2D eigenvalue weighted by Crippen LogP contribution is -2.32. The molecule has 80 valence electrons. The van der Waals surface area contributed by atoms with Crippen LogP contribution in [0.5, 0.6) is 0 Å². The summed E-state index contributed by atoms with van der Waals surface area (Å²) in [5.74, 6) is -1.02. The Morgan fingerprint density at radius 2 is 2.07 bits per heavy atom. The summed E-state index contributed by atoms with van der Waals surface area (Å²) in [6.07, 6.45) is 0.856. The number of carboxylic acid groups (broad SMARTS) is 1. The highest BCUT2D eigenvalue weighted by atomic mass is 16.4. The Kier molecular flexibility index (Phi) is 3.82. The number of aliphatic carboxylic acids is 1. The van der Waals surface area contributed by atoms with E-state index >= 15 is 0 Å². The number of nitrogens with one attached hydrogen (secondary N) is 1. The van der Waals surface area contributed by atoms with E-state index in [1.165, 1.54) is 0 Å². The van der Waals surface area contributed by atoms with Crippen LogP contribution >= 0.6 is 0 Å². The number of rotatable bonds is 5. The lowest BCUT2D eigenvalue weighted by molar-refractivity contribution is -0.138. The van der Waals surface area contributed by atoms with Crippen LogP contribution in [-0.4, -0.2) is 23.5 Å². The van der Waals surface area contributed by atoms with Crippen molar-refractivity contribution in [1.29, 1.82) is 0 Å². The minimum absolute atomic E-state index is 0.275. The Morgan fingerprint density at radius 3 is 2.53 bits per heavy atom. The first-order chi connectivity index (χ1) is 7.13. The highest BCUT2D eigenvalue weighted by Crippen LogP contribution is 2.09. The summed E-state index contributed by atoms with van der Waals surface area (Å²) in [7, 11) is 0. The van der Waals surface area contributed by atoms with E-state index in [0.29, 0.717) is 12.1 Å². The molecule has 1 atom stereocenters. The molecule has 1 amide bonds. The number of carboxylic acids is 1. The van der Waals surface area contributed by atoms with E-state index in [1.807, 2.05) is 0 Å². The number of hydrogen-bond acceptors (Lipinski definition) is 3. The molecule has 1 unspecified atom stereocenters. The lowest BCUT2D eigenvalue weighted by atomic mass is 10.1. The van der Waals surface area contributed by atoms with Crippen LogP contribution in [0.4, 0.5) is 5.69 Å². The molecule has 5 heteroatoms. The average molecular weight is 208 g/mol. The van der Waals surface area contributed by atoms with Crippen molar-refractivity contribution in [2.75, 3.05) is 5.32 Å². The van der Waals surface area contributed by atoms with Gasteiger partial charge in [-0.3, -0.25) is 9.59 Å². The van der Waals surface area contributed by atoms with Crippen molar-refractivity contribution in [3.8, 4) is 0 Å². The number of carbonyl (C=O) groups is 2. The molecule has 0 aliphatic heterocycles. The maximum absolute atomic E-state index is 10.5. The summed E-state index contributed by atoms with van der Waals surface area (Å²) in [4.78, 5) is 20.6. The lowest BCUT2D eigenvalue weighted by Gasteiger charge is -2.06.